The Labute approximate surface area is 203 Å². The normalized spacial score (nSPS) is 17.0. The van der Waals surface area contributed by atoms with Crippen molar-refractivity contribution in [2.45, 2.75) is 37.1 Å². The Balaban J connectivity index is 1.65. The molecule has 0 bridgehead atoms. The van der Waals surface area contributed by atoms with Crippen LogP contribution in [0.5, 0.6) is 0 Å². The fourth-order valence-corrected chi connectivity index (χ4v) is 6.87. The molecule has 1 N–H and O–H groups in total. The first-order valence-electron chi connectivity index (χ1n) is 11.4. The molecule has 2 heterocycles. The minimum Gasteiger partial charge on any atom is -0.340 e. The SMILES string of the molecule is Cc1ccc(S(=O)(=O)N2CCCC2C(=O)N(CCC[NH+](C)C)c2nc3ccc(F)cc3s2)cc1. The number of nitrogens with one attached hydrogen (secondary N) is 1. The molecular formula is C24H30FN4O3S2+. The molecule has 1 aromatic heterocycles. The van der Waals surface area contributed by atoms with Crippen molar-refractivity contribution < 1.29 is 22.5 Å². The Morgan fingerprint density at radius 3 is 2.68 bits per heavy atom. The first kappa shape index (κ1) is 24.7. The van der Waals surface area contributed by atoms with Gasteiger partial charge in [-0.05, 0) is 50.1 Å². The number of hydrogen-bond acceptors (Lipinski definition) is 5. The van der Waals surface area contributed by atoms with Gasteiger partial charge in [-0.25, -0.2) is 17.8 Å². The van der Waals surface area contributed by atoms with Crippen LogP contribution < -0.4 is 9.80 Å². The first-order valence-corrected chi connectivity index (χ1v) is 13.7. The largest absolute Gasteiger partial charge is 0.340 e. The van der Waals surface area contributed by atoms with Gasteiger partial charge in [-0.2, -0.15) is 4.31 Å². The van der Waals surface area contributed by atoms with Crippen molar-refractivity contribution in [1.82, 2.24) is 9.29 Å². The van der Waals surface area contributed by atoms with Crippen molar-refractivity contribution >= 4 is 42.6 Å². The summed E-state index contributed by atoms with van der Waals surface area (Å²) in [6.07, 6.45) is 1.80. The summed E-state index contributed by atoms with van der Waals surface area (Å²) >= 11 is 1.25. The molecule has 1 unspecified atom stereocenters. The van der Waals surface area contributed by atoms with E-state index in [4.69, 9.17) is 0 Å². The number of halogens is 1. The maximum atomic E-state index is 13.8. The number of nitrogens with zero attached hydrogens (tertiary/aromatic N) is 3. The highest BCUT2D eigenvalue weighted by Crippen LogP contribution is 2.33. The maximum absolute atomic E-state index is 13.8. The van der Waals surface area contributed by atoms with E-state index in [1.54, 1.807) is 35.2 Å². The van der Waals surface area contributed by atoms with Gasteiger partial charge in [0, 0.05) is 19.5 Å². The van der Waals surface area contributed by atoms with E-state index in [1.807, 2.05) is 21.0 Å². The van der Waals surface area contributed by atoms with Crippen molar-refractivity contribution in [3.8, 4) is 0 Å². The van der Waals surface area contributed by atoms with Crippen LogP contribution in [0.25, 0.3) is 10.2 Å². The smallest absolute Gasteiger partial charge is 0.247 e. The lowest BCUT2D eigenvalue weighted by molar-refractivity contribution is -0.858. The molecule has 0 aliphatic carbocycles. The Hall–Kier alpha value is -2.40. The zero-order valence-corrected chi connectivity index (χ0v) is 21.3. The van der Waals surface area contributed by atoms with Crippen LogP contribution in [-0.2, 0) is 14.8 Å². The van der Waals surface area contributed by atoms with Crippen molar-refractivity contribution in [3.63, 3.8) is 0 Å². The number of thiazole rings is 1. The Morgan fingerprint density at radius 2 is 1.97 bits per heavy atom. The highest BCUT2D eigenvalue weighted by atomic mass is 32.2. The van der Waals surface area contributed by atoms with Crippen LogP contribution in [0.15, 0.2) is 47.4 Å². The number of amides is 1. The summed E-state index contributed by atoms with van der Waals surface area (Å²) in [7, 11) is 0.268. The molecule has 1 amide bonds. The van der Waals surface area contributed by atoms with Gasteiger partial charge in [-0.1, -0.05) is 29.0 Å². The summed E-state index contributed by atoms with van der Waals surface area (Å²) in [5.41, 5.74) is 1.59. The van der Waals surface area contributed by atoms with Crippen molar-refractivity contribution in [3.05, 3.63) is 53.8 Å². The minimum absolute atomic E-state index is 0.191. The third kappa shape index (κ3) is 5.14. The second kappa shape index (κ2) is 10.1. The summed E-state index contributed by atoms with van der Waals surface area (Å²) in [6.45, 7) is 3.46. The van der Waals surface area contributed by atoms with Crippen LogP contribution in [0.1, 0.15) is 24.8 Å². The Bertz CT molecular complexity index is 1280. The molecule has 1 saturated heterocycles. The number of quaternary nitrogens is 1. The van der Waals surface area contributed by atoms with Crippen LogP contribution in [0, 0.1) is 12.7 Å². The fraction of sp³-hybridized carbons (Fsp3) is 0.417. The second-order valence-corrected chi connectivity index (χ2v) is 11.9. The molecule has 0 saturated carbocycles. The molecular weight excluding hydrogens is 475 g/mol. The monoisotopic (exact) mass is 505 g/mol. The summed E-state index contributed by atoms with van der Waals surface area (Å²) in [5.74, 6) is -0.635. The van der Waals surface area contributed by atoms with Gasteiger partial charge < -0.3 is 4.90 Å². The molecule has 10 heteroatoms. The van der Waals surface area contributed by atoms with Gasteiger partial charge in [0.15, 0.2) is 5.13 Å². The number of anilines is 1. The lowest BCUT2D eigenvalue weighted by Crippen LogP contribution is -3.05. The highest BCUT2D eigenvalue weighted by molar-refractivity contribution is 7.89. The number of rotatable bonds is 8. The third-order valence-electron chi connectivity index (χ3n) is 6.01. The molecule has 4 rings (SSSR count). The van der Waals surface area contributed by atoms with Gasteiger partial charge in [-0.15, -0.1) is 0 Å². The Kier molecular flexibility index (Phi) is 7.32. The van der Waals surface area contributed by atoms with E-state index in [9.17, 15) is 17.6 Å². The lowest BCUT2D eigenvalue weighted by Gasteiger charge is -2.28. The molecule has 2 aromatic carbocycles. The summed E-state index contributed by atoms with van der Waals surface area (Å²) in [4.78, 5) is 21.4. The second-order valence-electron chi connectivity index (χ2n) is 9.00. The number of hydrogen-bond donors (Lipinski definition) is 1. The van der Waals surface area contributed by atoms with Crippen LogP contribution in [0.4, 0.5) is 9.52 Å². The van der Waals surface area contributed by atoms with Crippen LogP contribution in [-0.4, -0.2) is 63.4 Å². The van der Waals surface area contributed by atoms with Crippen molar-refractivity contribution in [2.24, 2.45) is 0 Å². The lowest BCUT2D eigenvalue weighted by atomic mass is 10.2. The van der Waals surface area contributed by atoms with E-state index < -0.39 is 16.1 Å². The number of carbonyl (C=O) groups is 1. The molecule has 1 atom stereocenters. The minimum atomic E-state index is -3.81. The summed E-state index contributed by atoms with van der Waals surface area (Å²) in [5, 5.41) is 0.471. The van der Waals surface area contributed by atoms with Crippen molar-refractivity contribution in [2.75, 3.05) is 38.6 Å². The predicted octanol–water partition coefficient (Wildman–Crippen LogP) is 2.46. The van der Waals surface area contributed by atoms with Gasteiger partial charge in [0.05, 0.1) is 35.8 Å². The topological polar surface area (TPSA) is 75.0 Å². The van der Waals surface area contributed by atoms with Crippen LogP contribution in [0.2, 0.25) is 0 Å². The average Bonchev–Trinajstić information content (AvgIpc) is 3.44. The molecule has 0 spiro atoms. The average molecular weight is 506 g/mol. The number of benzene rings is 2. The third-order valence-corrected chi connectivity index (χ3v) is 8.97. The van der Waals surface area contributed by atoms with Gasteiger partial charge in [-0.3, -0.25) is 9.69 Å². The molecule has 1 aliphatic rings. The van der Waals surface area contributed by atoms with E-state index in [2.05, 4.69) is 4.98 Å². The van der Waals surface area contributed by atoms with Gasteiger partial charge in [0.1, 0.15) is 11.9 Å². The molecule has 7 nitrogen and oxygen atoms in total. The molecule has 1 aliphatic heterocycles. The van der Waals surface area contributed by atoms with E-state index in [0.717, 1.165) is 18.5 Å². The summed E-state index contributed by atoms with van der Waals surface area (Å²) in [6, 6.07) is 10.3. The van der Waals surface area contributed by atoms with E-state index in [1.165, 1.54) is 32.7 Å². The van der Waals surface area contributed by atoms with Gasteiger partial charge >= 0.3 is 0 Å². The van der Waals surface area contributed by atoms with E-state index in [-0.39, 0.29) is 16.6 Å². The maximum Gasteiger partial charge on any atom is 0.247 e. The van der Waals surface area contributed by atoms with Gasteiger partial charge in [0.25, 0.3) is 0 Å². The molecule has 1 fully saturated rings. The quantitative estimate of drug-likeness (QED) is 0.511. The standard InChI is InChI=1S/C24H29FN4O3S2/c1-17-7-10-19(11-8-17)34(31,32)29-15-4-6-21(29)23(30)28(14-5-13-27(2)3)24-26-20-12-9-18(25)16-22(20)33-24/h7-12,16,21H,4-6,13-15H2,1-3H3/p+1. The zero-order valence-electron chi connectivity index (χ0n) is 19.6. The molecule has 182 valence electrons. The van der Waals surface area contributed by atoms with Crippen molar-refractivity contribution in [1.29, 1.82) is 0 Å². The summed E-state index contributed by atoms with van der Waals surface area (Å²) < 4.78 is 42.5. The molecule has 3 aromatic rings. The highest BCUT2D eigenvalue weighted by Gasteiger charge is 2.42. The zero-order chi connectivity index (χ0) is 24.5. The predicted molar refractivity (Wildman–Crippen MR) is 132 cm³/mol. The first-order chi connectivity index (χ1) is 16.2. The fourth-order valence-electron chi connectivity index (χ4n) is 4.19. The molecule has 0 radical (unpaired) electrons. The number of aryl methyl sites for hydroxylation is 1. The Morgan fingerprint density at radius 1 is 1.24 bits per heavy atom. The number of sulfonamides is 1. The molecule has 34 heavy (non-hydrogen) atoms. The number of aromatic nitrogens is 1. The van der Waals surface area contributed by atoms with E-state index >= 15 is 0 Å². The van der Waals surface area contributed by atoms with Crippen LogP contribution >= 0.6 is 11.3 Å². The number of carbonyl (C=O) groups excluding carboxylic acids is 1. The van der Waals surface area contributed by atoms with Crippen LogP contribution in [0.3, 0.4) is 0 Å². The number of fused-ring (bicyclic) bond motifs is 1. The van der Waals surface area contributed by atoms with E-state index in [0.29, 0.717) is 41.3 Å². The van der Waals surface area contributed by atoms with Gasteiger partial charge in [0.2, 0.25) is 15.9 Å².